The zero-order valence-electron chi connectivity index (χ0n) is 23.6. The largest absolute Gasteiger partial charge is 0.480 e. The van der Waals surface area contributed by atoms with Crippen molar-refractivity contribution in [3.05, 3.63) is 59.3 Å². The highest BCUT2D eigenvalue weighted by molar-refractivity contribution is 7.84. The van der Waals surface area contributed by atoms with Crippen LogP contribution in [0, 0.1) is 5.92 Å². The average Bonchev–Trinajstić information content (AvgIpc) is 3.85. The number of hydrogen-bond acceptors (Lipinski definition) is 8. The van der Waals surface area contributed by atoms with Crippen LogP contribution >= 0.6 is 0 Å². The number of rotatable bonds is 9. The molecule has 1 N–H and O–H groups in total. The number of nitrogens with zero attached hydrogens (tertiary/aromatic N) is 6. The van der Waals surface area contributed by atoms with Crippen molar-refractivity contribution in [2.75, 3.05) is 13.4 Å². The maximum absolute atomic E-state index is 14.0. The molecule has 3 aliphatic rings. The standard InChI is InChI=1S/C29H35N7O3S/c1-16(2)24-27(34-17(3)23-25(21-10-11-21)32-15-33-28(23)39-5)36(18(4)20-8-9-20)29(37)26(35-24)31-14-19-7-12-22(30-13-19)40(6)38/h7,12-13,15,18,20-21H,3,8-11,14H2,1-2,4-6H3,(H,31,35)/t18-,40?/m0/s1. The summed E-state index contributed by atoms with van der Waals surface area (Å²) in [6.07, 6.45) is 8.97. The summed E-state index contributed by atoms with van der Waals surface area (Å²) in [5.41, 5.74) is 4.50. The van der Waals surface area contributed by atoms with Gasteiger partial charge in [-0.3, -0.25) is 18.9 Å². The van der Waals surface area contributed by atoms with E-state index < -0.39 is 10.8 Å². The number of piperazine rings is 1. The van der Waals surface area contributed by atoms with Crippen molar-refractivity contribution < 1.29 is 13.7 Å². The van der Waals surface area contributed by atoms with Gasteiger partial charge < -0.3 is 10.1 Å². The number of aliphatic imine (C=N–C) groups is 2. The van der Waals surface area contributed by atoms with Crippen LogP contribution < -0.4 is 10.1 Å². The van der Waals surface area contributed by atoms with Gasteiger partial charge in [0.1, 0.15) is 11.4 Å². The summed E-state index contributed by atoms with van der Waals surface area (Å²) in [5.74, 6) is 1.67. The molecule has 10 nitrogen and oxygen atoms in total. The van der Waals surface area contributed by atoms with Gasteiger partial charge in [-0.1, -0.05) is 12.6 Å². The van der Waals surface area contributed by atoms with E-state index in [1.807, 2.05) is 19.9 Å². The minimum atomic E-state index is -1.16. The molecule has 11 heteroatoms. The summed E-state index contributed by atoms with van der Waals surface area (Å²) in [6, 6.07) is 3.48. The second kappa shape index (κ2) is 11.4. The second-order valence-electron chi connectivity index (χ2n) is 10.7. The normalized spacial score (nSPS) is 20.9. The van der Waals surface area contributed by atoms with Crippen LogP contribution in [0.5, 0.6) is 5.88 Å². The molecule has 1 unspecified atom stereocenters. The third kappa shape index (κ3) is 5.74. The Kier molecular flexibility index (Phi) is 7.93. The Bertz CT molecular complexity index is 1450. The van der Waals surface area contributed by atoms with Crippen molar-refractivity contribution in [2.45, 2.75) is 70.0 Å². The molecule has 0 spiro atoms. The van der Waals surface area contributed by atoms with Gasteiger partial charge >= 0.3 is 0 Å². The Hall–Kier alpha value is -3.73. The van der Waals surface area contributed by atoms with Gasteiger partial charge in [0.05, 0.1) is 47.1 Å². The molecule has 2 aliphatic carbocycles. The van der Waals surface area contributed by atoms with Crippen molar-refractivity contribution in [1.29, 1.82) is 0 Å². The summed E-state index contributed by atoms with van der Waals surface area (Å²) in [7, 11) is 0.416. The lowest BCUT2D eigenvalue weighted by molar-refractivity contribution is -0.122. The molecule has 2 aromatic heterocycles. The fraction of sp³-hybridized carbons (Fsp3) is 0.448. The average molecular weight is 562 g/mol. The fourth-order valence-corrected chi connectivity index (χ4v) is 5.26. The van der Waals surface area contributed by atoms with Crippen LogP contribution in [0.25, 0.3) is 5.70 Å². The van der Waals surface area contributed by atoms with Gasteiger partial charge in [0.15, 0.2) is 11.7 Å². The first-order valence-corrected chi connectivity index (χ1v) is 15.0. The van der Waals surface area contributed by atoms with E-state index in [2.05, 4.69) is 38.8 Å². The van der Waals surface area contributed by atoms with Gasteiger partial charge in [0.25, 0.3) is 5.91 Å². The van der Waals surface area contributed by atoms with E-state index in [0.717, 1.165) is 42.5 Å². The number of amidine groups is 2. The number of amides is 1. The highest BCUT2D eigenvalue weighted by Crippen LogP contribution is 2.44. The first-order chi connectivity index (χ1) is 19.2. The quantitative estimate of drug-likeness (QED) is 0.491. The van der Waals surface area contributed by atoms with Gasteiger partial charge in [-0.25, -0.2) is 19.9 Å². The molecule has 1 amide bonds. The number of carbonyl (C=O) groups excluding carboxylic acids is 1. The van der Waals surface area contributed by atoms with E-state index in [9.17, 15) is 9.00 Å². The zero-order chi connectivity index (χ0) is 28.6. The molecule has 210 valence electrons. The Morgan fingerprint density at radius 2 is 1.98 bits per heavy atom. The maximum Gasteiger partial charge on any atom is 0.295 e. The molecular formula is C29H35N7O3S. The van der Waals surface area contributed by atoms with E-state index in [0.29, 0.717) is 45.5 Å². The highest BCUT2D eigenvalue weighted by atomic mass is 32.2. The molecule has 0 aromatic carbocycles. The van der Waals surface area contributed by atoms with E-state index in [1.54, 1.807) is 30.5 Å². The van der Waals surface area contributed by atoms with Crippen LogP contribution in [0.2, 0.25) is 0 Å². The molecule has 2 aromatic rings. The van der Waals surface area contributed by atoms with Gasteiger partial charge in [-0.2, -0.15) is 0 Å². The van der Waals surface area contributed by atoms with Crippen molar-refractivity contribution in [1.82, 2.24) is 25.2 Å². The number of aromatic nitrogens is 3. The number of methoxy groups -OCH3 is 1. The number of nitrogens with one attached hydrogen (secondary N) is 1. The van der Waals surface area contributed by atoms with Crippen LogP contribution in [0.1, 0.15) is 69.2 Å². The summed E-state index contributed by atoms with van der Waals surface area (Å²) < 4.78 is 17.3. The third-order valence-corrected chi connectivity index (χ3v) is 8.20. The molecule has 1 saturated heterocycles. The molecule has 3 heterocycles. The van der Waals surface area contributed by atoms with Gasteiger partial charge in [0.2, 0.25) is 5.88 Å². The first-order valence-electron chi connectivity index (χ1n) is 13.5. The fourth-order valence-electron chi connectivity index (χ4n) is 4.79. The summed E-state index contributed by atoms with van der Waals surface area (Å²) in [6.45, 7) is 10.6. The smallest absolute Gasteiger partial charge is 0.295 e. The number of carbonyl (C=O) groups is 1. The van der Waals surface area contributed by atoms with Gasteiger partial charge in [0, 0.05) is 24.4 Å². The predicted octanol–water partition coefficient (Wildman–Crippen LogP) is 3.99. The van der Waals surface area contributed by atoms with Crippen LogP contribution in [0.15, 0.2) is 57.5 Å². The number of allylic oxidation sites excluding steroid dienone is 1. The van der Waals surface area contributed by atoms with Crippen LogP contribution in [0.3, 0.4) is 0 Å². The molecule has 5 rings (SSSR count). The van der Waals surface area contributed by atoms with Crippen LogP contribution in [-0.2, 0) is 22.1 Å². The lowest BCUT2D eigenvalue weighted by Crippen LogP contribution is -2.58. The van der Waals surface area contributed by atoms with E-state index in [4.69, 9.17) is 9.73 Å². The van der Waals surface area contributed by atoms with Gasteiger partial charge in [-0.05, 0) is 69.6 Å². The predicted molar refractivity (Wildman–Crippen MR) is 155 cm³/mol. The topological polar surface area (TPSA) is 122 Å². The molecule has 40 heavy (non-hydrogen) atoms. The van der Waals surface area contributed by atoms with Gasteiger partial charge in [-0.15, -0.1) is 0 Å². The summed E-state index contributed by atoms with van der Waals surface area (Å²) in [5, 5.41) is 3.77. The third-order valence-electron chi connectivity index (χ3n) is 7.37. The number of ether oxygens (including phenoxy) is 1. The Morgan fingerprint density at radius 1 is 1.23 bits per heavy atom. The second-order valence-corrected chi connectivity index (χ2v) is 12.0. The van der Waals surface area contributed by atoms with E-state index in [-0.39, 0.29) is 24.3 Å². The number of pyridine rings is 1. The van der Waals surface area contributed by atoms with E-state index in [1.165, 1.54) is 6.33 Å². The molecule has 2 atom stereocenters. The minimum Gasteiger partial charge on any atom is -0.480 e. The van der Waals surface area contributed by atoms with Crippen molar-refractivity contribution in [2.24, 2.45) is 15.9 Å². The van der Waals surface area contributed by atoms with Crippen molar-refractivity contribution >= 4 is 34.1 Å². The van der Waals surface area contributed by atoms with Crippen molar-refractivity contribution in [3.8, 4) is 5.88 Å². The maximum atomic E-state index is 14.0. The molecule has 1 aliphatic heterocycles. The van der Waals surface area contributed by atoms with Crippen LogP contribution in [-0.4, -0.2) is 61.0 Å². The Morgan fingerprint density at radius 3 is 2.55 bits per heavy atom. The molecule has 3 fully saturated rings. The first kappa shape index (κ1) is 27.8. The monoisotopic (exact) mass is 561 g/mol. The Labute approximate surface area is 237 Å². The lowest BCUT2D eigenvalue weighted by Gasteiger charge is -2.37. The zero-order valence-corrected chi connectivity index (χ0v) is 24.4. The SMILES string of the molecule is C=C(N=C1C(=C(C)C)NC(=NCc2ccc(S(C)=O)nc2)C(=O)N1[C@@H](C)C1CC1)c1c(OC)ncnc1C1CC1. The highest BCUT2D eigenvalue weighted by Gasteiger charge is 2.42. The molecule has 0 bridgehead atoms. The molecule has 0 radical (unpaired) electrons. The van der Waals surface area contributed by atoms with Crippen LogP contribution in [0.4, 0.5) is 0 Å². The van der Waals surface area contributed by atoms with E-state index >= 15 is 0 Å². The summed E-state index contributed by atoms with van der Waals surface area (Å²) >= 11 is 0. The minimum absolute atomic E-state index is 0.0713. The van der Waals surface area contributed by atoms with Crippen molar-refractivity contribution in [3.63, 3.8) is 0 Å². The molecule has 2 saturated carbocycles. The lowest BCUT2D eigenvalue weighted by atomic mass is 10.1. The molecular weight excluding hydrogens is 526 g/mol. The number of hydrogen-bond donors (Lipinski definition) is 1. The summed E-state index contributed by atoms with van der Waals surface area (Å²) in [4.78, 5) is 38.4. The Balaban J connectivity index is 1.53.